The number of methoxy groups -OCH3 is 1. The first kappa shape index (κ1) is 17.2. The number of ether oxygens (including phenoxy) is 1. The standard InChI is InChI=1S/C23H19N5O/c1-28-10-6-15-3-4-16(11-21(15)28)18-12-17(13-19-23(18)26-9-8-25-19)27-20-14-24-7-5-22(20)29-2/h3-14,27H,1-2H3. The number of hydrogen-bond acceptors (Lipinski definition) is 5. The Morgan fingerprint density at radius 2 is 1.86 bits per heavy atom. The summed E-state index contributed by atoms with van der Waals surface area (Å²) in [5.74, 6) is 0.728. The van der Waals surface area contributed by atoms with E-state index in [0.29, 0.717) is 0 Å². The number of hydrogen-bond donors (Lipinski definition) is 1. The average molecular weight is 381 g/mol. The van der Waals surface area contributed by atoms with Gasteiger partial charge in [-0.15, -0.1) is 0 Å². The zero-order chi connectivity index (χ0) is 19.8. The molecule has 0 bridgehead atoms. The Balaban J connectivity index is 1.68. The van der Waals surface area contributed by atoms with Gasteiger partial charge in [0.05, 0.1) is 30.0 Å². The second-order valence-electron chi connectivity index (χ2n) is 6.85. The van der Waals surface area contributed by atoms with E-state index < -0.39 is 0 Å². The van der Waals surface area contributed by atoms with Crippen LogP contribution in [0.5, 0.6) is 5.75 Å². The van der Waals surface area contributed by atoms with Crippen LogP contribution < -0.4 is 10.1 Å². The molecule has 5 rings (SSSR count). The van der Waals surface area contributed by atoms with Crippen LogP contribution in [0.4, 0.5) is 11.4 Å². The zero-order valence-electron chi connectivity index (χ0n) is 16.1. The molecule has 0 atom stereocenters. The SMILES string of the molecule is COc1ccncc1Nc1cc(-c2ccc3ccn(C)c3c2)c2nccnc2c1. The zero-order valence-corrected chi connectivity index (χ0v) is 16.1. The van der Waals surface area contributed by atoms with Crippen molar-refractivity contribution in [3.63, 3.8) is 0 Å². The van der Waals surface area contributed by atoms with Crippen LogP contribution in [0.25, 0.3) is 33.1 Å². The summed E-state index contributed by atoms with van der Waals surface area (Å²) in [6, 6.07) is 14.5. The number of benzene rings is 2. The Labute approximate surface area is 167 Å². The molecule has 1 N–H and O–H groups in total. The molecule has 5 aromatic rings. The van der Waals surface area contributed by atoms with E-state index in [2.05, 4.69) is 68.4 Å². The molecule has 142 valence electrons. The van der Waals surface area contributed by atoms with E-state index in [0.717, 1.165) is 39.3 Å². The highest BCUT2D eigenvalue weighted by molar-refractivity contribution is 5.97. The number of aromatic nitrogens is 4. The van der Waals surface area contributed by atoms with Crippen molar-refractivity contribution in [1.29, 1.82) is 0 Å². The maximum Gasteiger partial charge on any atom is 0.145 e. The topological polar surface area (TPSA) is 64.9 Å². The molecule has 0 fully saturated rings. The Hall–Kier alpha value is -3.93. The largest absolute Gasteiger partial charge is 0.494 e. The number of nitrogens with zero attached hydrogens (tertiary/aromatic N) is 4. The van der Waals surface area contributed by atoms with E-state index in [1.54, 1.807) is 31.9 Å². The van der Waals surface area contributed by atoms with Gasteiger partial charge < -0.3 is 14.6 Å². The van der Waals surface area contributed by atoms with E-state index in [4.69, 9.17) is 4.74 Å². The van der Waals surface area contributed by atoms with Crippen molar-refractivity contribution in [2.24, 2.45) is 7.05 Å². The average Bonchev–Trinajstić information content (AvgIpc) is 3.14. The summed E-state index contributed by atoms with van der Waals surface area (Å²) in [5.41, 5.74) is 6.66. The number of fused-ring (bicyclic) bond motifs is 2. The second kappa shape index (κ2) is 6.91. The van der Waals surface area contributed by atoms with Crippen LogP contribution in [0.1, 0.15) is 0 Å². The molecule has 0 amide bonds. The maximum absolute atomic E-state index is 5.44. The number of aryl methyl sites for hydroxylation is 1. The summed E-state index contributed by atoms with van der Waals surface area (Å²) in [6.07, 6.45) is 8.95. The van der Waals surface area contributed by atoms with Crippen LogP contribution >= 0.6 is 0 Å². The highest BCUT2D eigenvalue weighted by Gasteiger charge is 2.12. The molecule has 6 nitrogen and oxygen atoms in total. The molecule has 29 heavy (non-hydrogen) atoms. The molecule has 2 aromatic carbocycles. The lowest BCUT2D eigenvalue weighted by Crippen LogP contribution is -1.97. The number of rotatable bonds is 4. The molecule has 0 radical (unpaired) electrons. The molecule has 0 unspecified atom stereocenters. The molecule has 0 spiro atoms. The summed E-state index contributed by atoms with van der Waals surface area (Å²) in [7, 11) is 3.70. The lowest BCUT2D eigenvalue weighted by Gasteiger charge is -2.13. The van der Waals surface area contributed by atoms with Crippen molar-refractivity contribution >= 4 is 33.3 Å². The predicted molar refractivity (Wildman–Crippen MR) is 116 cm³/mol. The summed E-state index contributed by atoms with van der Waals surface area (Å²) in [5, 5.41) is 4.62. The fourth-order valence-electron chi connectivity index (χ4n) is 3.61. The van der Waals surface area contributed by atoms with Gasteiger partial charge in [-0.1, -0.05) is 12.1 Å². The van der Waals surface area contributed by atoms with Gasteiger partial charge in [0, 0.05) is 54.7 Å². The van der Waals surface area contributed by atoms with Crippen molar-refractivity contribution in [1.82, 2.24) is 19.5 Å². The molecule has 0 aliphatic heterocycles. The fraction of sp³-hybridized carbons (Fsp3) is 0.0870. The first-order valence-electron chi connectivity index (χ1n) is 9.28. The Kier molecular flexibility index (Phi) is 4.09. The first-order valence-corrected chi connectivity index (χ1v) is 9.28. The van der Waals surface area contributed by atoms with E-state index >= 15 is 0 Å². The molecule has 0 aliphatic carbocycles. The van der Waals surface area contributed by atoms with Crippen LogP contribution in [-0.4, -0.2) is 26.6 Å². The lowest BCUT2D eigenvalue weighted by atomic mass is 10.0. The van der Waals surface area contributed by atoms with Crippen molar-refractivity contribution in [3.05, 3.63) is 73.4 Å². The summed E-state index contributed by atoms with van der Waals surface area (Å²) in [4.78, 5) is 13.3. The van der Waals surface area contributed by atoms with Gasteiger partial charge in [-0.3, -0.25) is 15.0 Å². The van der Waals surface area contributed by atoms with Gasteiger partial charge in [0.25, 0.3) is 0 Å². The molecule has 6 heteroatoms. The lowest BCUT2D eigenvalue weighted by molar-refractivity contribution is 0.416. The summed E-state index contributed by atoms with van der Waals surface area (Å²) in [6.45, 7) is 0. The van der Waals surface area contributed by atoms with Gasteiger partial charge in [-0.05, 0) is 35.2 Å². The van der Waals surface area contributed by atoms with Crippen LogP contribution in [0, 0.1) is 0 Å². The predicted octanol–water partition coefficient (Wildman–Crippen LogP) is 4.94. The minimum atomic E-state index is 0.728. The van der Waals surface area contributed by atoms with E-state index in [-0.39, 0.29) is 0 Å². The molecule has 3 aromatic heterocycles. The number of nitrogens with one attached hydrogen (secondary N) is 1. The van der Waals surface area contributed by atoms with Crippen LogP contribution in [0.3, 0.4) is 0 Å². The van der Waals surface area contributed by atoms with E-state index in [1.807, 2.05) is 12.1 Å². The maximum atomic E-state index is 5.44. The van der Waals surface area contributed by atoms with E-state index in [9.17, 15) is 0 Å². The Morgan fingerprint density at radius 3 is 2.76 bits per heavy atom. The summed E-state index contributed by atoms with van der Waals surface area (Å²) < 4.78 is 7.56. The normalized spacial score (nSPS) is 11.1. The smallest absolute Gasteiger partial charge is 0.145 e. The molecular weight excluding hydrogens is 362 g/mol. The molecule has 3 heterocycles. The summed E-state index contributed by atoms with van der Waals surface area (Å²) >= 11 is 0. The fourth-order valence-corrected chi connectivity index (χ4v) is 3.61. The Bertz CT molecular complexity index is 1340. The van der Waals surface area contributed by atoms with Gasteiger partial charge in [0.2, 0.25) is 0 Å². The third kappa shape index (κ3) is 3.04. The van der Waals surface area contributed by atoms with E-state index in [1.165, 1.54) is 10.9 Å². The highest BCUT2D eigenvalue weighted by atomic mass is 16.5. The first-order chi connectivity index (χ1) is 14.2. The monoisotopic (exact) mass is 381 g/mol. The van der Waals surface area contributed by atoms with Gasteiger partial charge in [-0.25, -0.2) is 0 Å². The van der Waals surface area contributed by atoms with Gasteiger partial charge in [-0.2, -0.15) is 0 Å². The molecule has 0 saturated heterocycles. The van der Waals surface area contributed by atoms with Gasteiger partial charge in [0.1, 0.15) is 5.75 Å². The molecule has 0 aliphatic rings. The minimum Gasteiger partial charge on any atom is -0.494 e. The van der Waals surface area contributed by atoms with Crippen LogP contribution in [-0.2, 0) is 7.05 Å². The Morgan fingerprint density at radius 1 is 0.966 bits per heavy atom. The van der Waals surface area contributed by atoms with Crippen LogP contribution in [0.2, 0.25) is 0 Å². The number of anilines is 2. The number of pyridine rings is 1. The molecule has 0 saturated carbocycles. The van der Waals surface area contributed by atoms with Crippen molar-refractivity contribution < 1.29 is 4.74 Å². The minimum absolute atomic E-state index is 0.728. The van der Waals surface area contributed by atoms with Gasteiger partial charge in [0.15, 0.2) is 0 Å². The van der Waals surface area contributed by atoms with Crippen molar-refractivity contribution in [2.75, 3.05) is 12.4 Å². The third-order valence-electron chi connectivity index (χ3n) is 5.05. The van der Waals surface area contributed by atoms with Crippen molar-refractivity contribution in [3.8, 4) is 16.9 Å². The van der Waals surface area contributed by atoms with Crippen molar-refractivity contribution in [2.45, 2.75) is 0 Å². The second-order valence-corrected chi connectivity index (χ2v) is 6.85. The highest BCUT2D eigenvalue weighted by Crippen LogP contribution is 2.34. The molecular formula is C23H19N5O. The quantitative estimate of drug-likeness (QED) is 0.478. The van der Waals surface area contributed by atoms with Crippen LogP contribution in [0.15, 0.2) is 73.4 Å². The van der Waals surface area contributed by atoms with Gasteiger partial charge >= 0.3 is 0 Å². The third-order valence-corrected chi connectivity index (χ3v) is 5.05.